The molecule has 0 radical (unpaired) electrons. The number of thiophene rings is 1. The Kier molecular flexibility index (Phi) is 4.12. The molecule has 0 spiro atoms. The van der Waals surface area contributed by atoms with E-state index in [9.17, 15) is 0 Å². The van der Waals surface area contributed by atoms with E-state index in [1.54, 1.807) is 11.3 Å². The van der Waals surface area contributed by atoms with E-state index >= 15 is 0 Å². The number of pyridine rings is 1. The third-order valence-electron chi connectivity index (χ3n) is 3.26. The number of nitrogens with two attached hydrogens (primary N) is 1. The molecule has 0 aliphatic rings. The molecule has 2 aromatic heterocycles. The lowest BCUT2D eigenvalue weighted by atomic mass is 10.1. The Labute approximate surface area is 129 Å². The van der Waals surface area contributed by atoms with Gasteiger partial charge in [-0.25, -0.2) is 0 Å². The molecular formula is C15H14BrN3S. The van der Waals surface area contributed by atoms with Gasteiger partial charge in [0.2, 0.25) is 0 Å². The van der Waals surface area contributed by atoms with Crippen molar-refractivity contribution in [3.63, 3.8) is 0 Å². The third-order valence-corrected chi connectivity index (χ3v) is 5.21. The van der Waals surface area contributed by atoms with Crippen LogP contribution in [0.3, 0.4) is 0 Å². The third kappa shape index (κ3) is 2.76. The summed E-state index contributed by atoms with van der Waals surface area (Å²) < 4.78 is 1.13. The molecule has 0 amide bonds. The van der Waals surface area contributed by atoms with Crippen LogP contribution in [-0.2, 0) is 6.42 Å². The predicted octanol–water partition coefficient (Wildman–Crippen LogP) is 3.81. The fourth-order valence-electron chi connectivity index (χ4n) is 2.18. The van der Waals surface area contributed by atoms with Crippen LogP contribution in [-0.4, -0.2) is 4.98 Å². The van der Waals surface area contributed by atoms with E-state index in [1.807, 2.05) is 24.3 Å². The Bertz CT molecular complexity index is 726. The summed E-state index contributed by atoms with van der Waals surface area (Å²) in [7, 11) is 0. The number of fused-ring (bicyclic) bond motifs is 1. The quantitative estimate of drug-likeness (QED) is 0.557. The highest BCUT2D eigenvalue weighted by atomic mass is 79.9. The molecule has 1 atom stereocenters. The molecule has 3 aromatic rings. The lowest BCUT2D eigenvalue weighted by Gasteiger charge is -2.15. The van der Waals surface area contributed by atoms with Gasteiger partial charge in [-0.3, -0.25) is 16.3 Å². The van der Waals surface area contributed by atoms with Gasteiger partial charge in [0.25, 0.3) is 0 Å². The summed E-state index contributed by atoms with van der Waals surface area (Å²) in [4.78, 5) is 5.97. The summed E-state index contributed by atoms with van der Waals surface area (Å²) in [6.07, 6.45) is 0.820. The van der Waals surface area contributed by atoms with Gasteiger partial charge in [-0.2, -0.15) is 0 Å². The first kappa shape index (κ1) is 13.7. The van der Waals surface area contributed by atoms with Crippen molar-refractivity contribution >= 4 is 38.2 Å². The summed E-state index contributed by atoms with van der Waals surface area (Å²) in [5.74, 6) is 5.71. The predicted molar refractivity (Wildman–Crippen MR) is 87.5 cm³/mol. The lowest BCUT2D eigenvalue weighted by molar-refractivity contribution is 0.543. The monoisotopic (exact) mass is 347 g/mol. The number of para-hydroxylation sites is 1. The number of aromatic nitrogens is 1. The molecule has 0 aliphatic heterocycles. The van der Waals surface area contributed by atoms with Crippen molar-refractivity contribution < 1.29 is 0 Å². The van der Waals surface area contributed by atoms with Crippen LogP contribution in [0.2, 0.25) is 0 Å². The second kappa shape index (κ2) is 6.01. The molecule has 0 fully saturated rings. The highest BCUT2D eigenvalue weighted by Gasteiger charge is 2.15. The Morgan fingerprint density at radius 1 is 1.20 bits per heavy atom. The van der Waals surface area contributed by atoms with Crippen LogP contribution in [0.15, 0.2) is 52.3 Å². The van der Waals surface area contributed by atoms with Crippen LogP contribution in [0.5, 0.6) is 0 Å². The fraction of sp³-hybridized carbons (Fsp3) is 0.133. The van der Waals surface area contributed by atoms with E-state index < -0.39 is 0 Å². The van der Waals surface area contributed by atoms with Crippen molar-refractivity contribution in [3.8, 4) is 0 Å². The SMILES string of the molecule is NNC(Cc1sccc1Br)c1ccc2ccccc2n1. The molecule has 5 heteroatoms. The number of benzene rings is 1. The molecule has 0 saturated heterocycles. The average Bonchev–Trinajstić information content (AvgIpc) is 2.89. The molecular weight excluding hydrogens is 334 g/mol. The van der Waals surface area contributed by atoms with Gasteiger partial charge in [-0.15, -0.1) is 11.3 Å². The Hall–Kier alpha value is -1.27. The summed E-state index contributed by atoms with van der Waals surface area (Å²) in [6, 6.07) is 14.3. The average molecular weight is 348 g/mol. The van der Waals surface area contributed by atoms with E-state index in [0.717, 1.165) is 27.5 Å². The second-order valence-corrected chi connectivity index (χ2v) is 6.40. The van der Waals surface area contributed by atoms with Gasteiger partial charge in [0.05, 0.1) is 17.3 Å². The largest absolute Gasteiger partial charge is 0.271 e. The molecule has 2 heterocycles. The smallest absolute Gasteiger partial charge is 0.0706 e. The van der Waals surface area contributed by atoms with E-state index in [-0.39, 0.29) is 6.04 Å². The number of rotatable bonds is 4. The fourth-order valence-corrected chi connectivity index (χ4v) is 3.74. The minimum absolute atomic E-state index is 0.00885. The summed E-state index contributed by atoms with van der Waals surface area (Å²) in [5.41, 5.74) is 4.83. The van der Waals surface area contributed by atoms with Gasteiger partial charge in [0, 0.05) is 21.2 Å². The number of hydrogen-bond acceptors (Lipinski definition) is 4. The van der Waals surface area contributed by atoms with Gasteiger partial charge in [0.1, 0.15) is 0 Å². The second-order valence-electron chi connectivity index (χ2n) is 4.54. The van der Waals surface area contributed by atoms with Crippen LogP contribution >= 0.6 is 27.3 Å². The van der Waals surface area contributed by atoms with Crippen LogP contribution in [0.1, 0.15) is 16.6 Å². The number of hydrazine groups is 1. The maximum Gasteiger partial charge on any atom is 0.0706 e. The van der Waals surface area contributed by atoms with Gasteiger partial charge in [-0.1, -0.05) is 24.3 Å². The van der Waals surface area contributed by atoms with Crippen molar-refractivity contribution in [1.29, 1.82) is 0 Å². The van der Waals surface area contributed by atoms with Gasteiger partial charge < -0.3 is 0 Å². The summed E-state index contributed by atoms with van der Waals surface area (Å²) >= 11 is 5.28. The number of hydrogen-bond donors (Lipinski definition) is 2. The van der Waals surface area contributed by atoms with E-state index in [4.69, 9.17) is 10.8 Å². The first-order valence-electron chi connectivity index (χ1n) is 6.31. The van der Waals surface area contributed by atoms with Crippen molar-refractivity contribution in [2.24, 2.45) is 5.84 Å². The van der Waals surface area contributed by atoms with Crippen molar-refractivity contribution in [3.05, 3.63) is 62.9 Å². The van der Waals surface area contributed by atoms with Crippen molar-refractivity contribution in [2.45, 2.75) is 12.5 Å². The molecule has 1 unspecified atom stereocenters. The molecule has 3 nitrogen and oxygen atoms in total. The highest BCUT2D eigenvalue weighted by Crippen LogP contribution is 2.28. The Morgan fingerprint density at radius 2 is 2.05 bits per heavy atom. The number of halogens is 1. The Morgan fingerprint density at radius 3 is 2.80 bits per heavy atom. The molecule has 20 heavy (non-hydrogen) atoms. The van der Waals surface area contributed by atoms with Gasteiger partial charge >= 0.3 is 0 Å². The van der Waals surface area contributed by atoms with E-state index in [1.165, 1.54) is 4.88 Å². The maximum atomic E-state index is 5.71. The minimum Gasteiger partial charge on any atom is -0.271 e. The number of nitrogens with one attached hydrogen (secondary N) is 1. The van der Waals surface area contributed by atoms with Gasteiger partial charge in [-0.05, 0) is 39.5 Å². The molecule has 3 N–H and O–H groups in total. The first-order chi connectivity index (χ1) is 9.78. The first-order valence-corrected chi connectivity index (χ1v) is 7.99. The van der Waals surface area contributed by atoms with E-state index in [0.29, 0.717) is 0 Å². The van der Waals surface area contributed by atoms with Crippen LogP contribution in [0.25, 0.3) is 10.9 Å². The zero-order chi connectivity index (χ0) is 13.9. The minimum atomic E-state index is 0.00885. The zero-order valence-corrected chi connectivity index (χ0v) is 13.1. The summed E-state index contributed by atoms with van der Waals surface area (Å²) in [6.45, 7) is 0. The normalized spacial score (nSPS) is 12.7. The van der Waals surface area contributed by atoms with Crippen molar-refractivity contribution in [1.82, 2.24) is 10.4 Å². The Balaban J connectivity index is 1.92. The van der Waals surface area contributed by atoms with E-state index in [2.05, 4.69) is 44.9 Å². The van der Waals surface area contributed by atoms with Crippen LogP contribution in [0, 0.1) is 0 Å². The molecule has 3 rings (SSSR count). The van der Waals surface area contributed by atoms with Crippen LogP contribution < -0.4 is 11.3 Å². The topological polar surface area (TPSA) is 50.9 Å². The van der Waals surface area contributed by atoms with Crippen molar-refractivity contribution in [2.75, 3.05) is 0 Å². The number of nitrogens with zero attached hydrogens (tertiary/aromatic N) is 1. The van der Waals surface area contributed by atoms with Crippen LogP contribution in [0.4, 0.5) is 0 Å². The molecule has 0 aliphatic carbocycles. The molecule has 0 saturated carbocycles. The molecule has 0 bridgehead atoms. The highest BCUT2D eigenvalue weighted by molar-refractivity contribution is 9.10. The standard InChI is InChI=1S/C15H14BrN3S/c16-11-7-8-20-15(11)9-14(19-17)13-6-5-10-3-1-2-4-12(10)18-13/h1-8,14,19H,9,17H2. The summed E-state index contributed by atoms with van der Waals surface area (Å²) in [5, 5.41) is 3.21. The molecule has 102 valence electrons. The molecule has 1 aromatic carbocycles. The van der Waals surface area contributed by atoms with Gasteiger partial charge in [0.15, 0.2) is 0 Å². The lowest BCUT2D eigenvalue weighted by Crippen LogP contribution is -2.30. The maximum absolute atomic E-state index is 5.71. The zero-order valence-electron chi connectivity index (χ0n) is 10.7.